The Morgan fingerprint density at radius 1 is 0.935 bits per heavy atom. The van der Waals surface area contributed by atoms with Gasteiger partial charge in [-0.05, 0) is 117 Å². The number of carboxylic acid groups (broad SMARTS) is 1. The second-order valence-corrected chi connectivity index (χ2v) is 16.8. The standard InChI is InChI=1S/C33H53O12P/c1-19(5-6-20(2)34)25-10-11-26-24-9-8-22-15-23(13-14-32(22,3)27(24)16-28(35)33(25,26)4)45-31(39)44-18-43-29(36)12-7-21(30(37)38)17-46(40,41)42/h19,21-28,35H,5-18H2,1-4H3,(H,37,38)(H2,40,41,42)/t19-,21?,22-,23-,24?,25?,26?,27?,28+,32+,33-/m1/s1. The van der Waals surface area contributed by atoms with Crippen LogP contribution in [-0.4, -0.2) is 69.0 Å². The minimum absolute atomic E-state index is 0.0382. The monoisotopic (exact) mass is 672 g/mol. The summed E-state index contributed by atoms with van der Waals surface area (Å²) in [6.07, 6.45) is 5.58. The first-order chi connectivity index (χ1) is 21.5. The van der Waals surface area contributed by atoms with Crippen LogP contribution in [0.1, 0.15) is 105 Å². The maximum atomic E-state index is 12.4. The molecule has 0 heterocycles. The Kier molecular flexibility index (Phi) is 11.7. The van der Waals surface area contributed by atoms with E-state index in [1.165, 1.54) is 0 Å². The fraction of sp³-hybridized carbons (Fsp3) is 0.879. The molecule has 0 radical (unpaired) electrons. The van der Waals surface area contributed by atoms with Crippen molar-refractivity contribution in [2.24, 2.45) is 52.3 Å². The van der Waals surface area contributed by atoms with E-state index >= 15 is 0 Å². The molecule has 4 fully saturated rings. The van der Waals surface area contributed by atoms with Crippen LogP contribution in [-0.2, 0) is 33.2 Å². The summed E-state index contributed by atoms with van der Waals surface area (Å²) in [5.41, 5.74) is -0.0918. The van der Waals surface area contributed by atoms with E-state index in [9.17, 15) is 28.8 Å². The van der Waals surface area contributed by atoms with Crippen molar-refractivity contribution in [3.63, 3.8) is 0 Å². The molecule has 4 rings (SSSR count). The molecule has 0 spiro atoms. The van der Waals surface area contributed by atoms with Gasteiger partial charge in [-0.15, -0.1) is 0 Å². The summed E-state index contributed by atoms with van der Waals surface area (Å²) in [6, 6.07) is 0. The highest BCUT2D eigenvalue weighted by atomic mass is 31.2. The van der Waals surface area contributed by atoms with Crippen LogP contribution in [0.3, 0.4) is 0 Å². The number of Topliss-reactive ketones (excluding diaryl/α,β-unsaturated/α-hetero) is 1. The number of hydrogen-bond acceptors (Lipinski definition) is 9. The third kappa shape index (κ3) is 8.16. The lowest BCUT2D eigenvalue weighted by Crippen LogP contribution is -2.59. The van der Waals surface area contributed by atoms with Gasteiger partial charge in [0.25, 0.3) is 0 Å². The van der Waals surface area contributed by atoms with Crippen LogP contribution < -0.4 is 0 Å². The second kappa shape index (κ2) is 14.6. The predicted molar refractivity (Wildman–Crippen MR) is 165 cm³/mol. The predicted octanol–water partition coefficient (Wildman–Crippen LogP) is 5.30. The minimum atomic E-state index is -4.57. The summed E-state index contributed by atoms with van der Waals surface area (Å²) in [5.74, 6) is -0.880. The molecular weight excluding hydrogens is 619 g/mol. The van der Waals surface area contributed by atoms with Gasteiger partial charge in [-0.1, -0.05) is 20.8 Å². The van der Waals surface area contributed by atoms with E-state index in [4.69, 9.17) is 29.1 Å². The molecule has 0 amide bonds. The van der Waals surface area contributed by atoms with Crippen LogP contribution in [0.2, 0.25) is 0 Å². The zero-order chi connectivity index (χ0) is 34.0. The number of carbonyl (C=O) groups excluding carboxylic acids is 3. The Morgan fingerprint density at radius 2 is 1.65 bits per heavy atom. The number of ketones is 1. The number of aliphatic hydroxyl groups is 1. The van der Waals surface area contributed by atoms with E-state index in [1.54, 1.807) is 6.92 Å². The van der Waals surface area contributed by atoms with Gasteiger partial charge in [0, 0.05) is 12.8 Å². The molecule has 0 aromatic heterocycles. The van der Waals surface area contributed by atoms with Gasteiger partial charge in [0.15, 0.2) is 0 Å². The number of fused-ring (bicyclic) bond motifs is 5. The van der Waals surface area contributed by atoms with E-state index in [0.29, 0.717) is 54.8 Å². The zero-order valence-corrected chi connectivity index (χ0v) is 28.5. The average Bonchev–Trinajstić information content (AvgIpc) is 3.32. The first-order valence-electron chi connectivity index (χ1n) is 16.9. The Bertz CT molecular complexity index is 1190. The summed E-state index contributed by atoms with van der Waals surface area (Å²) in [4.78, 5) is 65.2. The number of carboxylic acids is 1. The molecule has 4 aliphatic carbocycles. The van der Waals surface area contributed by atoms with Gasteiger partial charge in [0.1, 0.15) is 11.9 Å². The molecule has 46 heavy (non-hydrogen) atoms. The molecule has 0 aromatic carbocycles. The fourth-order valence-corrected chi connectivity index (χ4v) is 11.1. The maximum Gasteiger partial charge on any atom is 0.511 e. The summed E-state index contributed by atoms with van der Waals surface area (Å²) < 4.78 is 26.5. The summed E-state index contributed by atoms with van der Waals surface area (Å²) in [7, 11) is -4.57. The van der Waals surface area contributed by atoms with E-state index in [2.05, 4.69) is 20.8 Å². The summed E-state index contributed by atoms with van der Waals surface area (Å²) in [6.45, 7) is 7.86. The smallest absolute Gasteiger partial charge is 0.481 e. The lowest BCUT2D eigenvalue weighted by atomic mass is 9.43. The second-order valence-electron chi connectivity index (χ2n) is 15.1. The number of hydrogen-bond donors (Lipinski definition) is 4. The molecular formula is C33H53O12P. The number of esters is 1. The third-order valence-electron chi connectivity index (χ3n) is 12.6. The molecule has 12 nitrogen and oxygen atoms in total. The molecule has 5 unspecified atom stereocenters. The van der Waals surface area contributed by atoms with Crippen LogP contribution in [0.4, 0.5) is 4.79 Å². The van der Waals surface area contributed by atoms with E-state index < -0.39 is 51.0 Å². The molecule has 4 aliphatic rings. The van der Waals surface area contributed by atoms with Gasteiger partial charge in [-0.25, -0.2) is 4.79 Å². The van der Waals surface area contributed by atoms with Crippen molar-refractivity contribution in [2.75, 3.05) is 13.0 Å². The van der Waals surface area contributed by atoms with Crippen molar-refractivity contribution in [1.82, 2.24) is 0 Å². The zero-order valence-electron chi connectivity index (χ0n) is 27.6. The molecule has 0 aromatic rings. The van der Waals surface area contributed by atoms with E-state index in [-0.39, 0.29) is 35.2 Å². The third-order valence-corrected chi connectivity index (χ3v) is 13.5. The number of carbonyl (C=O) groups is 4. The van der Waals surface area contributed by atoms with Crippen LogP contribution in [0, 0.1) is 52.3 Å². The highest BCUT2D eigenvalue weighted by Crippen LogP contribution is 2.68. The number of aliphatic carboxylic acids is 1. The van der Waals surface area contributed by atoms with Crippen molar-refractivity contribution in [2.45, 2.75) is 117 Å². The quantitative estimate of drug-likeness (QED) is 0.112. The highest BCUT2D eigenvalue weighted by molar-refractivity contribution is 7.51. The van der Waals surface area contributed by atoms with E-state index in [0.717, 1.165) is 44.9 Å². The minimum Gasteiger partial charge on any atom is -0.481 e. The highest BCUT2D eigenvalue weighted by Gasteiger charge is 2.63. The number of ether oxygens (including phenoxy) is 3. The van der Waals surface area contributed by atoms with Crippen LogP contribution >= 0.6 is 7.60 Å². The summed E-state index contributed by atoms with van der Waals surface area (Å²) >= 11 is 0. The molecule has 0 aliphatic heterocycles. The van der Waals surface area contributed by atoms with Crippen molar-refractivity contribution in [1.29, 1.82) is 0 Å². The topological polar surface area (TPSA) is 194 Å². The molecule has 4 N–H and O–H groups in total. The molecule has 13 heteroatoms. The van der Waals surface area contributed by atoms with Crippen molar-refractivity contribution in [3.8, 4) is 0 Å². The Labute approximate surface area is 271 Å². The fourth-order valence-electron chi connectivity index (χ4n) is 10.1. The Hall–Kier alpha value is -2.01. The van der Waals surface area contributed by atoms with Crippen molar-refractivity contribution >= 4 is 31.5 Å². The SMILES string of the molecule is CC(=O)CC[C@@H](C)C1CCC2C3CC[C@@H]4C[C@H](OC(=O)OCOC(=O)CCC(CP(=O)(O)O)C(=O)O)CC[C@]4(C)C3C[C@H](O)[C@@]21C. The van der Waals surface area contributed by atoms with Gasteiger partial charge in [-0.2, -0.15) is 0 Å². The van der Waals surface area contributed by atoms with Gasteiger partial charge in [0.2, 0.25) is 6.79 Å². The first kappa shape index (κ1) is 36.8. The van der Waals surface area contributed by atoms with Crippen molar-refractivity contribution in [3.05, 3.63) is 0 Å². The summed E-state index contributed by atoms with van der Waals surface area (Å²) in [5, 5.41) is 20.9. The molecule has 262 valence electrons. The molecule has 0 saturated heterocycles. The normalized spacial score (nSPS) is 36.7. The van der Waals surface area contributed by atoms with Gasteiger partial charge in [-0.3, -0.25) is 14.2 Å². The largest absolute Gasteiger partial charge is 0.511 e. The van der Waals surface area contributed by atoms with Gasteiger partial charge < -0.3 is 39.0 Å². The lowest BCUT2D eigenvalue weighted by molar-refractivity contribution is -0.176. The molecule has 11 atom stereocenters. The first-order valence-corrected chi connectivity index (χ1v) is 18.7. The number of rotatable bonds is 13. The van der Waals surface area contributed by atoms with Gasteiger partial charge in [0.05, 0.1) is 18.2 Å². The van der Waals surface area contributed by atoms with Crippen molar-refractivity contribution < 1.29 is 58.0 Å². The number of aliphatic hydroxyl groups excluding tert-OH is 1. The van der Waals surface area contributed by atoms with Crippen LogP contribution in [0.5, 0.6) is 0 Å². The van der Waals surface area contributed by atoms with Gasteiger partial charge >= 0.3 is 25.7 Å². The lowest BCUT2D eigenvalue weighted by Gasteiger charge is -2.62. The Balaban J connectivity index is 1.25. The molecule has 4 saturated carbocycles. The van der Waals surface area contributed by atoms with Crippen LogP contribution in [0.15, 0.2) is 0 Å². The molecule has 0 bridgehead atoms. The van der Waals surface area contributed by atoms with E-state index in [1.807, 2.05) is 0 Å². The maximum absolute atomic E-state index is 12.4. The average molecular weight is 673 g/mol. The van der Waals surface area contributed by atoms with Crippen LogP contribution in [0.25, 0.3) is 0 Å². The Morgan fingerprint density at radius 3 is 2.30 bits per heavy atom.